The average molecular weight is 219 g/mol. The Morgan fingerprint density at radius 2 is 1.94 bits per heavy atom. The Hall–Kier alpha value is -1.58. The van der Waals surface area contributed by atoms with Crippen LogP contribution in [0.4, 0.5) is 5.82 Å². The molecule has 1 aliphatic rings. The molecule has 4 heteroatoms. The van der Waals surface area contributed by atoms with Gasteiger partial charge in [0, 0.05) is 19.3 Å². The van der Waals surface area contributed by atoms with Crippen LogP contribution in [0.1, 0.15) is 36.0 Å². The fourth-order valence-corrected chi connectivity index (χ4v) is 2.04. The van der Waals surface area contributed by atoms with Crippen molar-refractivity contribution in [1.29, 1.82) is 0 Å². The van der Waals surface area contributed by atoms with Gasteiger partial charge in [-0.05, 0) is 25.0 Å². The molecule has 4 nitrogen and oxygen atoms in total. The lowest BCUT2D eigenvalue weighted by Crippen LogP contribution is -2.32. The summed E-state index contributed by atoms with van der Waals surface area (Å²) in [5, 5.41) is 0. The summed E-state index contributed by atoms with van der Waals surface area (Å²) in [6.45, 7) is 1.68. The number of carbonyl (C=O) groups excluding carboxylic acids is 1. The van der Waals surface area contributed by atoms with Crippen LogP contribution in [0.2, 0.25) is 0 Å². The van der Waals surface area contributed by atoms with Gasteiger partial charge in [0.2, 0.25) is 0 Å². The zero-order valence-corrected chi connectivity index (χ0v) is 9.35. The lowest BCUT2D eigenvalue weighted by atomic mass is 10.2. The Balaban J connectivity index is 2.14. The minimum absolute atomic E-state index is 0.0208. The summed E-state index contributed by atoms with van der Waals surface area (Å²) in [6, 6.07) is 3.50. The van der Waals surface area contributed by atoms with Crippen molar-refractivity contribution in [1.82, 2.24) is 9.88 Å². The third-order valence-electron chi connectivity index (χ3n) is 2.96. The first kappa shape index (κ1) is 10.9. The standard InChI is InChI=1S/C12H17N3O/c13-11-10(6-5-7-14-11)12(16)15-8-3-1-2-4-9-15/h5-7H,1-4,8-9H2,(H2,13,14). The predicted octanol–water partition coefficient (Wildman–Crippen LogP) is 1.68. The van der Waals surface area contributed by atoms with Gasteiger partial charge in [0.05, 0.1) is 5.56 Å². The van der Waals surface area contributed by atoms with Gasteiger partial charge in [-0.2, -0.15) is 0 Å². The molecule has 1 aromatic heterocycles. The highest BCUT2D eigenvalue weighted by molar-refractivity contribution is 5.98. The van der Waals surface area contributed by atoms with E-state index in [9.17, 15) is 4.79 Å². The number of nitrogens with two attached hydrogens (primary N) is 1. The summed E-state index contributed by atoms with van der Waals surface area (Å²) < 4.78 is 0. The SMILES string of the molecule is Nc1ncccc1C(=O)N1CCCCCC1. The number of rotatable bonds is 1. The van der Waals surface area contributed by atoms with Gasteiger partial charge in [-0.3, -0.25) is 4.79 Å². The van der Waals surface area contributed by atoms with Gasteiger partial charge in [0.15, 0.2) is 0 Å². The van der Waals surface area contributed by atoms with Crippen molar-refractivity contribution in [2.75, 3.05) is 18.8 Å². The molecule has 0 radical (unpaired) electrons. The number of nitrogens with zero attached hydrogens (tertiary/aromatic N) is 2. The maximum Gasteiger partial charge on any atom is 0.257 e. The smallest absolute Gasteiger partial charge is 0.257 e. The number of pyridine rings is 1. The quantitative estimate of drug-likeness (QED) is 0.781. The highest BCUT2D eigenvalue weighted by Crippen LogP contribution is 2.15. The summed E-state index contributed by atoms with van der Waals surface area (Å²) in [5.41, 5.74) is 6.24. The summed E-state index contributed by atoms with van der Waals surface area (Å²) in [6.07, 6.45) is 6.21. The Bertz CT molecular complexity index is 370. The van der Waals surface area contributed by atoms with Crippen LogP contribution in [0.25, 0.3) is 0 Å². The van der Waals surface area contributed by atoms with Crippen molar-refractivity contribution in [2.45, 2.75) is 25.7 Å². The van der Waals surface area contributed by atoms with E-state index >= 15 is 0 Å². The lowest BCUT2D eigenvalue weighted by Gasteiger charge is -2.20. The van der Waals surface area contributed by atoms with E-state index in [-0.39, 0.29) is 5.91 Å². The highest BCUT2D eigenvalue weighted by Gasteiger charge is 2.19. The first-order valence-electron chi connectivity index (χ1n) is 5.79. The molecule has 1 aliphatic heterocycles. The molecule has 0 spiro atoms. The zero-order chi connectivity index (χ0) is 11.4. The van der Waals surface area contributed by atoms with Crippen molar-refractivity contribution < 1.29 is 4.79 Å². The van der Waals surface area contributed by atoms with E-state index in [1.165, 1.54) is 12.8 Å². The summed E-state index contributed by atoms with van der Waals surface area (Å²) in [5.74, 6) is 0.351. The van der Waals surface area contributed by atoms with Crippen molar-refractivity contribution in [3.63, 3.8) is 0 Å². The Labute approximate surface area is 95.5 Å². The molecule has 2 heterocycles. The number of nitrogen functional groups attached to an aromatic ring is 1. The number of aromatic nitrogens is 1. The number of anilines is 1. The molecule has 1 saturated heterocycles. The minimum Gasteiger partial charge on any atom is -0.383 e. The van der Waals surface area contributed by atoms with Crippen LogP contribution < -0.4 is 5.73 Å². The Morgan fingerprint density at radius 1 is 1.25 bits per heavy atom. The van der Waals surface area contributed by atoms with Gasteiger partial charge in [0.1, 0.15) is 5.82 Å². The molecule has 0 aliphatic carbocycles. The van der Waals surface area contributed by atoms with Crippen LogP contribution in [0, 0.1) is 0 Å². The summed E-state index contributed by atoms with van der Waals surface area (Å²) in [7, 11) is 0. The average Bonchev–Trinajstić information content (AvgIpc) is 2.57. The molecule has 2 N–H and O–H groups in total. The molecule has 86 valence electrons. The fraction of sp³-hybridized carbons (Fsp3) is 0.500. The largest absolute Gasteiger partial charge is 0.383 e. The fourth-order valence-electron chi connectivity index (χ4n) is 2.04. The highest BCUT2D eigenvalue weighted by atomic mass is 16.2. The normalized spacial score (nSPS) is 16.9. The number of hydrogen-bond acceptors (Lipinski definition) is 3. The first-order valence-corrected chi connectivity index (χ1v) is 5.79. The van der Waals surface area contributed by atoms with Crippen LogP contribution in [-0.4, -0.2) is 28.9 Å². The predicted molar refractivity (Wildman–Crippen MR) is 63.0 cm³/mol. The minimum atomic E-state index is 0.0208. The molecule has 0 atom stereocenters. The molecule has 0 saturated carbocycles. The molecule has 2 rings (SSSR count). The second-order valence-electron chi connectivity index (χ2n) is 4.14. The topological polar surface area (TPSA) is 59.2 Å². The maximum atomic E-state index is 12.2. The molecule has 16 heavy (non-hydrogen) atoms. The van der Waals surface area contributed by atoms with Gasteiger partial charge in [-0.25, -0.2) is 4.98 Å². The van der Waals surface area contributed by atoms with Gasteiger partial charge >= 0.3 is 0 Å². The van der Waals surface area contributed by atoms with E-state index in [0.29, 0.717) is 11.4 Å². The van der Waals surface area contributed by atoms with Crippen LogP contribution in [0.15, 0.2) is 18.3 Å². The van der Waals surface area contributed by atoms with E-state index in [1.54, 1.807) is 18.3 Å². The maximum absolute atomic E-state index is 12.2. The van der Waals surface area contributed by atoms with E-state index in [1.807, 2.05) is 4.90 Å². The van der Waals surface area contributed by atoms with E-state index < -0.39 is 0 Å². The molecule has 1 amide bonds. The van der Waals surface area contributed by atoms with Crippen molar-refractivity contribution in [3.05, 3.63) is 23.9 Å². The Morgan fingerprint density at radius 3 is 2.56 bits per heavy atom. The number of hydrogen-bond donors (Lipinski definition) is 1. The number of amides is 1. The molecule has 0 unspecified atom stereocenters. The second kappa shape index (κ2) is 4.96. The number of likely N-dealkylation sites (tertiary alicyclic amines) is 1. The molecule has 1 fully saturated rings. The summed E-state index contributed by atoms with van der Waals surface area (Å²) in [4.78, 5) is 18.0. The summed E-state index contributed by atoms with van der Waals surface area (Å²) >= 11 is 0. The van der Waals surface area contributed by atoms with Gasteiger partial charge in [0.25, 0.3) is 5.91 Å². The second-order valence-corrected chi connectivity index (χ2v) is 4.14. The van der Waals surface area contributed by atoms with Gasteiger partial charge < -0.3 is 10.6 Å². The molecule has 1 aromatic rings. The molecule has 0 bridgehead atoms. The third-order valence-corrected chi connectivity index (χ3v) is 2.96. The molecule has 0 aromatic carbocycles. The molecular formula is C12H17N3O. The van der Waals surface area contributed by atoms with E-state index in [2.05, 4.69) is 4.98 Å². The van der Waals surface area contributed by atoms with Crippen molar-refractivity contribution >= 4 is 11.7 Å². The van der Waals surface area contributed by atoms with E-state index in [4.69, 9.17) is 5.73 Å². The molecular weight excluding hydrogens is 202 g/mol. The Kier molecular flexibility index (Phi) is 3.39. The van der Waals surface area contributed by atoms with Gasteiger partial charge in [-0.15, -0.1) is 0 Å². The lowest BCUT2D eigenvalue weighted by molar-refractivity contribution is 0.0762. The van der Waals surface area contributed by atoms with Gasteiger partial charge in [-0.1, -0.05) is 12.8 Å². The van der Waals surface area contributed by atoms with Crippen LogP contribution in [0.3, 0.4) is 0 Å². The van der Waals surface area contributed by atoms with E-state index in [0.717, 1.165) is 25.9 Å². The van der Waals surface area contributed by atoms with Crippen molar-refractivity contribution in [2.24, 2.45) is 0 Å². The number of carbonyl (C=O) groups is 1. The van der Waals surface area contributed by atoms with Crippen LogP contribution in [0.5, 0.6) is 0 Å². The van der Waals surface area contributed by atoms with Crippen LogP contribution in [-0.2, 0) is 0 Å². The monoisotopic (exact) mass is 219 g/mol. The van der Waals surface area contributed by atoms with Crippen molar-refractivity contribution in [3.8, 4) is 0 Å². The zero-order valence-electron chi connectivity index (χ0n) is 9.35. The first-order chi connectivity index (χ1) is 7.79. The van der Waals surface area contributed by atoms with Crippen LogP contribution >= 0.6 is 0 Å². The third kappa shape index (κ3) is 2.32.